The minimum Gasteiger partial charge on any atom is -0.467 e. The maximum Gasteiger partial charge on any atom is 0.188 e. The summed E-state index contributed by atoms with van der Waals surface area (Å²) in [6, 6.07) is 3.82. The molecule has 0 saturated carbocycles. The zero-order chi connectivity index (χ0) is 9.84. The minimum absolute atomic E-state index is 0.255. The Hall–Kier alpha value is -1.22. The maximum atomic E-state index is 5.74. The molecule has 0 amide bonds. The minimum atomic E-state index is 0.255. The van der Waals surface area contributed by atoms with E-state index in [-0.39, 0.29) is 6.79 Å². The van der Waals surface area contributed by atoms with E-state index in [0.717, 1.165) is 22.6 Å². The van der Waals surface area contributed by atoms with Gasteiger partial charge in [-0.1, -0.05) is 6.07 Å². The number of anilines is 1. The van der Waals surface area contributed by atoms with Gasteiger partial charge in [0.15, 0.2) is 6.79 Å². The van der Waals surface area contributed by atoms with Crippen LogP contribution >= 0.6 is 0 Å². The Balaban J connectivity index is 2.96. The van der Waals surface area contributed by atoms with Crippen molar-refractivity contribution in [3.8, 4) is 5.75 Å². The Morgan fingerprint density at radius 1 is 1.31 bits per heavy atom. The standard InChI is InChI=1S/C10H15NO2/c1-7-4-5-9(11)8(2)10(7)13-6-12-3/h4-5H,6,11H2,1-3H3. The van der Waals surface area contributed by atoms with Crippen LogP contribution < -0.4 is 10.5 Å². The second-order valence-electron chi connectivity index (χ2n) is 2.98. The van der Waals surface area contributed by atoms with Gasteiger partial charge in [-0.05, 0) is 25.5 Å². The van der Waals surface area contributed by atoms with Crippen LogP contribution in [0, 0.1) is 13.8 Å². The van der Waals surface area contributed by atoms with E-state index in [0.29, 0.717) is 0 Å². The average molecular weight is 181 g/mol. The fourth-order valence-corrected chi connectivity index (χ4v) is 1.18. The molecule has 1 aromatic carbocycles. The van der Waals surface area contributed by atoms with Crippen LogP contribution in [-0.2, 0) is 4.74 Å². The average Bonchev–Trinajstić information content (AvgIpc) is 2.12. The summed E-state index contributed by atoms with van der Waals surface area (Å²) in [6.45, 7) is 4.18. The van der Waals surface area contributed by atoms with Crippen molar-refractivity contribution in [1.29, 1.82) is 0 Å². The monoisotopic (exact) mass is 181 g/mol. The van der Waals surface area contributed by atoms with Crippen LogP contribution in [0.15, 0.2) is 12.1 Å². The van der Waals surface area contributed by atoms with Crippen LogP contribution in [-0.4, -0.2) is 13.9 Å². The van der Waals surface area contributed by atoms with Crippen molar-refractivity contribution in [1.82, 2.24) is 0 Å². The van der Waals surface area contributed by atoms with Crippen LogP contribution in [0.4, 0.5) is 5.69 Å². The molecule has 0 aliphatic rings. The van der Waals surface area contributed by atoms with Crippen molar-refractivity contribution in [2.45, 2.75) is 13.8 Å². The molecule has 72 valence electrons. The fourth-order valence-electron chi connectivity index (χ4n) is 1.18. The molecule has 0 atom stereocenters. The molecule has 2 N–H and O–H groups in total. The number of nitrogen functional groups attached to an aromatic ring is 1. The zero-order valence-corrected chi connectivity index (χ0v) is 8.26. The number of nitrogens with two attached hydrogens (primary N) is 1. The van der Waals surface area contributed by atoms with E-state index in [1.807, 2.05) is 26.0 Å². The van der Waals surface area contributed by atoms with Gasteiger partial charge in [0.1, 0.15) is 5.75 Å². The number of methoxy groups -OCH3 is 1. The molecule has 3 nitrogen and oxygen atoms in total. The lowest BCUT2D eigenvalue weighted by molar-refractivity contribution is 0.0502. The predicted molar refractivity (Wildman–Crippen MR) is 52.8 cm³/mol. The Morgan fingerprint density at radius 3 is 2.62 bits per heavy atom. The number of aryl methyl sites for hydroxylation is 1. The van der Waals surface area contributed by atoms with E-state index in [9.17, 15) is 0 Å². The summed E-state index contributed by atoms with van der Waals surface area (Å²) in [5.41, 5.74) is 8.53. The summed E-state index contributed by atoms with van der Waals surface area (Å²) in [5.74, 6) is 0.821. The van der Waals surface area contributed by atoms with Gasteiger partial charge in [-0.2, -0.15) is 0 Å². The second-order valence-corrected chi connectivity index (χ2v) is 2.98. The zero-order valence-electron chi connectivity index (χ0n) is 8.26. The van der Waals surface area contributed by atoms with Crippen LogP contribution in [0.2, 0.25) is 0 Å². The van der Waals surface area contributed by atoms with Crippen molar-refractivity contribution in [2.24, 2.45) is 0 Å². The predicted octanol–water partition coefficient (Wildman–Crippen LogP) is 1.87. The van der Waals surface area contributed by atoms with Gasteiger partial charge < -0.3 is 15.2 Å². The molecule has 0 unspecified atom stereocenters. The molecule has 0 radical (unpaired) electrons. The Labute approximate surface area is 78.5 Å². The third-order valence-electron chi connectivity index (χ3n) is 1.97. The first kappa shape index (κ1) is 9.86. The molecule has 1 aromatic rings. The van der Waals surface area contributed by atoms with Gasteiger partial charge in [0.2, 0.25) is 0 Å². The van der Waals surface area contributed by atoms with E-state index < -0.39 is 0 Å². The maximum absolute atomic E-state index is 5.74. The summed E-state index contributed by atoms with van der Waals surface area (Å²) in [7, 11) is 1.59. The first-order valence-electron chi connectivity index (χ1n) is 4.14. The molecule has 0 aromatic heterocycles. The first-order chi connectivity index (χ1) is 6.16. The van der Waals surface area contributed by atoms with Crippen molar-refractivity contribution >= 4 is 5.69 Å². The van der Waals surface area contributed by atoms with E-state index in [1.54, 1.807) is 7.11 Å². The van der Waals surface area contributed by atoms with Gasteiger partial charge in [0.25, 0.3) is 0 Å². The lowest BCUT2D eigenvalue weighted by Gasteiger charge is -2.12. The fraction of sp³-hybridized carbons (Fsp3) is 0.400. The van der Waals surface area contributed by atoms with Crippen molar-refractivity contribution in [3.05, 3.63) is 23.3 Å². The normalized spacial score (nSPS) is 10.1. The molecule has 0 heterocycles. The number of rotatable bonds is 3. The van der Waals surface area contributed by atoms with Crippen LogP contribution in [0.1, 0.15) is 11.1 Å². The molecular weight excluding hydrogens is 166 g/mol. The number of hydrogen-bond acceptors (Lipinski definition) is 3. The Bertz CT molecular complexity index is 297. The lowest BCUT2D eigenvalue weighted by atomic mass is 10.1. The number of ether oxygens (including phenoxy) is 2. The van der Waals surface area contributed by atoms with E-state index in [1.165, 1.54) is 0 Å². The first-order valence-corrected chi connectivity index (χ1v) is 4.14. The van der Waals surface area contributed by atoms with Crippen LogP contribution in [0.25, 0.3) is 0 Å². The highest BCUT2D eigenvalue weighted by atomic mass is 16.7. The summed E-state index contributed by atoms with van der Waals surface area (Å²) >= 11 is 0. The molecular formula is C10H15NO2. The molecule has 0 aliphatic carbocycles. The summed E-state index contributed by atoms with van der Waals surface area (Å²) in [4.78, 5) is 0. The molecule has 0 bridgehead atoms. The topological polar surface area (TPSA) is 44.5 Å². The summed E-state index contributed by atoms with van der Waals surface area (Å²) in [6.07, 6.45) is 0. The van der Waals surface area contributed by atoms with Gasteiger partial charge in [0.05, 0.1) is 0 Å². The highest BCUT2D eigenvalue weighted by Crippen LogP contribution is 2.27. The molecule has 1 rings (SSSR count). The highest BCUT2D eigenvalue weighted by Gasteiger charge is 2.05. The summed E-state index contributed by atoms with van der Waals surface area (Å²) in [5, 5.41) is 0. The number of hydrogen-bond donors (Lipinski definition) is 1. The highest BCUT2D eigenvalue weighted by molar-refractivity contribution is 5.56. The third kappa shape index (κ3) is 2.12. The molecule has 3 heteroatoms. The Morgan fingerprint density at radius 2 is 2.00 bits per heavy atom. The molecule has 0 aliphatic heterocycles. The quantitative estimate of drug-likeness (QED) is 0.572. The van der Waals surface area contributed by atoms with Gasteiger partial charge in [-0.25, -0.2) is 0 Å². The van der Waals surface area contributed by atoms with Gasteiger partial charge in [-0.3, -0.25) is 0 Å². The smallest absolute Gasteiger partial charge is 0.188 e. The second kappa shape index (κ2) is 4.14. The molecule has 0 fully saturated rings. The van der Waals surface area contributed by atoms with Crippen LogP contribution in [0.3, 0.4) is 0 Å². The van der Waals surface area contributed by atoms with Crippen molar-refractivity contribution in [3.63, 3.8) is 0 Å². The van der Waals surface area contributed by atoms with E-state index in [2.05, 4.69) is 0 Å². The lowest BCUT2D eigenvalue weighted by Crippen LogP contribution is -2.03. The SMILES string of the molecule is COCOc1c(C)ccc(N)c1C. The molecule has 13 heavy (non-hydrogen) atoms. The van der Waals surface area contributed by atoms with Crippen molar-refractivity contribution in [2.75, 3.05) is 19.6 Å². The number of benzene rings is 1. The van der Waals surface area contributed by atoms with E-state index in [4.69, 9.17) is 15.2 Å². The molecule has 0 saturated heterocycles. The van der Waals surface area contributed by atoms with E-state index >= 15 is 0 Å². The van der Waals surface area contributed by atoms with Gasteiger partial charge >= 0.3 is 0 Å². The Kier molecular flexibility index (Phi) is 3.14. The van der Waals surface area contributed by atoms with Crippen LogP contribution in [0.5, 0.6) is 5.75 Å². The van der Waals surface area contributed by atoms with Gasteiger partial charge in [0, 0.05) is 18.4 Å². The summed E-state index contributed by atoms with van der Waals surface area (Å²) < 4.78 is 10.2. The largest absolute Gasteiger partial charge is 0.467 e. The van der Waals surface area contributed by atoms with Gasteiger partial charge in [-0.15, -0.1) is 0 Å². The van der Waals surface area contributed by atoms with Crippen molar-refractivity contribution < 1.29 is 9.47 Å². The molecule has 0 spiro atoms. The third-order valence-corrected chi connectivity index (χ3v) is 1.97.